The van der Waals surface area contributed by atoms with E-state index < -0.39 is 9.84 Å². The van der Waals surface area contributed by atoms with Gasteiger partial charge in [0.1, 0.15) is 0 Å². The molecule has 0 bridgehead atoms. The molecule has 2 aromatic carbocycles. The van der Waals surface area contributed by atoms with E-state index in [9.17, 15) is 8.42 Å². The number of aromatic nitrogens is 1. The van der Waals surface area contributed by atoms with Crippen LogP contribution in [0.3, 0.4) is 0 Å². The number of unbranched alkanes of at least 4 members (excludes halogenated alkanes) is 2. The molecular formula is C21H23ClN2O3S. The number of halogens is 1. The van der Waals surface area contributed by atoms with Crippen molar-refractivity contribution in [2.75, 3.05) is 5.32 Å². The van der Waals surface area contributed by atoms with Crippen LogP contribution in [0.15, 0.2) is 68.9 Å². The van der Waals surface area contributed by atoms with Crippen molar-refractivity contribution in [3.05, 3.63) is 71.1 Å². The standard InChI is InChI=1S/C21H23ClN2O3S/c1-2-3-5-10-19-24-21(28(25,26)18-13-11-17(22)12-14-18)20(27-19)23-15-16-8-6-4-7-9-16/h4,6-9,11-14,23H,2-3,5,10,15H2,1H3. The van der Waals surface area contributed by atoms with Crippen LogP contribution >= 0.6 is 11.6 Å². The molecule has 1 heterocycles. The third-order valence-corrected chi connectivity index (χ3v) is 6.24. The molecule has 0 fully saturated rings. The predicted octanol–water partition coefficient (Wildman–Crippen LogP) is 5.51. The van der Waals surface area contributed by atoms with Gasteiger partial charge in [0.25, 0.3) is 0 Å². The number of anilines is 1. The van der Waals surface area contributed by atoms with Gasteiger partial charge in [0.05, 0.1) is 4.90 Å². The van der Waals surface area contributed by atoms with Crippen LogP contribution in [0.2, 0.25) is 5.02 Å². The van der Waals surface area contributed by atoms with E-state index in [1.54, 1.807) is 12.1 Å². The summed E-state index contributed by atoms with van der Waals surface area (Å²) in [6.07, 6.45) is 3.60. The fourth-order valence-electron chi connectivity index (χ4n) is 2.78. The van der Waals surface area contributed by atoms with Crippen molar-refractivity contribution in [2.24, 2.45) is 0 Å². The van der Waals surface area contributed by atoms with Gasteiger partial charge in [-0.2, -0.15) is 4.98 Å². The maximum Gasteiger partial charge on any atom is 0.233 e. The SMILES string of the molecule is CCCCCc1nc(S(=O)(=O)c2ccc(Cl)cc2)c(NCc2ccccc2)o1. The van der Waals surface area contributed by atoms with E-state index in [0.717, 1.165) is 24.8 Å². The molecule has 7 heteroatoms. The molecule has 0 amide bonds. The Bertz CT molecular complexity index is 1000. The Kier molecular flexibility index (Phi) is 6.75. The number of hydrogen-bond donors (Lipinski definition) is 1. The highest BCUT2D eigenvalue weighted by atomic mass is 35.5. The molecule has 0 aliphatic rings. The van der Waals surface area contributed by atoms with Gasteiger partial charge in [-0.05, 0) is 36.2 Å². The Morgan fingerprint density at radius 2 is 1.75 bits per heavy atom. The van der Waals surface area contributed by atoms with Crippen LogP contribution in [0.4, 0.5) is 5.88 Å². The molecule has 28 heavy (non-hydrogen) atoms. The first-order chi connectivity index (χ1) is 13.5. The minimum absolute atomic E-state index is 0.0859. The van der Waals surface area contributed by atoms with E-state index in [1.165, 1.54) is 12.1 Å². The Morgan fingerprint density at radius 1 is 1.04 bits per heavy atom. The average Bonchev–Trinajstić information content (AvgIpc) is 3.12. The quantitative estimate of drug-likeness (QED) is 0.464. The van der Waals surface area contributed by atoms with E-state index in [-0.39, 0.29) is 15.8 Å². The zero-order valence-electron chi connectivity index (χ0n) is 15.7. The maximum atomic E-state index is 13.1. The number of nitrogens with one attached hydrogen (secondary N) is 1. The molecule has 3 rings (SSSR count). The second kappa shape index (κ2) is 9.26. The van der Waals surface area contributed by atoms with Gasteiger partial charge in [0.2, 0.25) is 20.7 Å². The van der Waals surface area contributed by atoms with Gasteiger partial charge in [0.15, 0.2) is 5.89 Å². The molecule has 0 atom stereocenters. The van der Waals surface area contributed by atoms with Gasteiger partial charge in [0, 0.05) is 18.0 Å². The number of nitrogens with zero attached hydrogens (tertiary/aromatic N) is 1. The summed E-state index contributed by atoms with van der Waals surface area (Å²) in [5.74, 6) is 0.599. The minimum atomic E-state index is -3.83. The lowest BCUT2D eigenvalue weighted by atomic mass is 10.2. The van der Waals surface area contributed by atoms with E-state index in [2.05, 4.69) is 17.2 Å². The Balaban J connectivity index is 1.91. The third-order valence-electron chi connectivity index (χ3n) is 4.31. The molecule has 0 radical (unpaired) electrons. The van der Waals surface area contributed by atoms with Crippen molar-refractivity contribution >= 4 is 27.3 Å². The summed E-state index contributed by atoms with van der Waals surface area (Å²) >= 11 is 5.89. The number of benzene rings is 2. The lowest BCUT2D eigenvalue weighted by molar-refractivity contribution is 0.491. The zero-order chi connectivity index (χ0) is 20.0. The zero-order valence-corrected chi connectivity index (χ0v) is 17.3. The van der Waals surface area contributed by atoms with Crippen molar-refractivity contribution in [3.63, 3.8) is 0 Å². The summed E-state index contributed by atoms with van der Waals surface area (Å²) in [4.78, 5) is 4.45. The van der Waals surface area contributed by atoms with Gasteiger partial charge < -0.3 is 9.73 Å². The average molecular weight is 419 g/mol. The smallest absolute Gasteiger partial charge is 0.233 e. The number of oxazole rings is 1. The molecule has 3 aromatic rings. The fraction of sp³-hybridized carbons (Fsp3) is 0.286. The van der Waals surface area contributed by atoms with Gasteiger partial charge in [-0.1, -0.05) is 61.7 Å². The van der Waals surface area contributed by atoms with Crippen molar-refractivity contribution in [1.29, 1.82) is 0 Å². The van der Waals surface area contributed by atoms with Gasteiger partial charge in [-0.25, -0.2) is 8.42 Å². The van der Waals surface area contributed by atoms with Crippen LogP contribution in [0.1, 0.15) is 37.6 Å². The topological polar surface area (TPSA) is 72.2 Å². The van der Waals surface area contributed by atoms with Crippen molar-refractivity contribution in [2.45, 2.75) is 49.1 Å². The van der Waals surface area contributed by atoms with E-state index in [0.29, 0.717) is 23.9 Å². The van der Waals surface area contributed by atoms with E-state index in [4.69, 9.17) is 16.0 Å². The molecule has 0 aliphatic heterocycles. The molecule has 0 unspecified atom stereocenters. The molecular weight excluding hydrogens is 396 g/mol. The first-order valence-electron chi connectivity index (χ1n) is 9.29. The van der Waals surface area contributed by atoms with Crippen LogP contribution in [0.5, 0.6) is 0 Å². The first-order valence-corrected chi connectivity index (χ1v) is 11.1. The van der Waals surface area contributed by atoms with Crippen molar-refractivity contribution in [3.8, 4) is 0 Å². The molecule has 0 spiro atoms. The molecule has 5 nitrogen and oxygen atoms in total. The maximum absolute atomic E-state index is 13.1. The van der Waals surface area contributed by atoms with Gasteiger partial charge >= 0.3 is 0 Å². The van der Waals surface area contributed by atoms with Crippen LogP contribution in [-0.2, 0) is 22.8 Å². The van der Waals surface area contributed by atoms with Crippen LogP contribution < -0.4 is 5.32 Å². The van der Waals surface area contributed by atoms with Crippen LogP contribution in [-0.4, -0.2) is 13.4 Å². The number of aryl methyl sites for hydroxylation is 1. The molecule has 1 N–H and O–H groups in total. The lowest BCUT2D eigenvalue weighted by Gasteiger charge is -2.06. The summed E-state index contributed by atoms with van der Waals surface area (Å²) in [7, 11) is -3.83. The highest BCUT2D eigenvalue weighted by Crippen LogP contribution is 2.30. The number of hydrogen-bond acceptors (Lipinski definition) is 5. The van der Waals surface area contributed by atoms with Crippen LogP contribution in [0.25, 0.3) is 0 Å². The highest BCUT2D eigenvalue weighted by molar-refractivity contribution is 7.91. The normalized spacial score (nSPS) is 11.5. The molecule has 0 saturated heterocycles. The molecule has 0 aliphatic carbocycles. The summed E-state index contributed by atoms with van der Waals surface area (Å²) in [5.41, 5.74) is 1.02. The summed E-state index contributed by atoms with van der Waals surface area (Å²) in [5, 5.41) is 3.48. The lowest BCUT2D eigenvalue weighted by Crippen LogP contribution is -2.07. The Morgan fingerprint density at radius 3 is 2.43 bits per heavy atom. The summed E-state index contributed by atoms with van der Waals surface area (Å²) in [6.45, 7) is 2.55. The number of sulfone groups is 1. The van der Waals surface area contributed by atoms with Crippen LogP contribution in [0, 0.1) is 0 Å². The molecule has 148 valence electrons. The van der Waals surface area contributed by atoms with Gasteiger partial charge in [-0.15, -0.1) is 0 Å². The van der Waals surface area contributed by atoms with Crippen molar-refractivity contribution in [1.82, 2.24) is 4.98 Å². The second-order valence-corrected chi connectivity index (χ2v) is 8.80. The fourth-order valence-corrected chi connectivity index (χ4v) is 4.20. The number of rotatable bonds is 9. The molecule has 1 aromatic heterocycles. The Labute approximate surface area is 170 Å². The third kappa shape index (κ3) is 4.94. The summed E-state index contributed by atoms with van der Waals surface area (Å²) < 4.78 is 32.0. The van der Waals surface area contributed by atoms with Gasteiger partial charge in [-0.3, -0.25) is 0 Å². The summed E-state index contributed by atoms with van der Waals surface area (Å²) in [6, 6.07) is 15.8. The highest BCUT2D eigenvalue weighted by Gasteiger charge is 2.28. The van der Waals surface area contributed by atoms with E-state index in [1.807, 2.05) is 30.3 Å². The second-order valence-electron chi connectivity index (χ2n) is 6.50. The first kappa shape index (κ1) is 20.4. The van der Waals surface area contributed by atoms with Crippen molar-refractivity contribution < 1.29 is 12.8 Å². The monoisotopic (exact) mass is 418 g/mol. The molecule has 0 saturated carbocycles. The minimum Gasteiger partial charge on any atom is -0.424 e. The van der Waals surface area contributed by atoms with E-state index >= 15 is 0 Å². The largest absolute Gasteiger partial charge is 0.424 e. The Hall–Kier alpha value is -2.31. The predicted molar refractivity (Wildman–Crippen MR) is 110 cm³/mol.